The summed E-state index contributed by atoms with van der Waals surface area (Å²) in [6.07, 6.45) is 1.23. The van der Waals surface area contributed by atoms with Gasteiger partial charge >= 0.3 is 11.3 Å². The second kappa shape index (κ2) is 8.52. The molecule has 1 N–H and O–H groups in total. The van der Waals surface area contributed by atoms with E-state index in [1.165, 1.54) is 36.5 Å². The lowest BCUT2D eigenvalue weighted by Gasteiger charge is -2.19. The van der Waals surface area contributed by atoms with Crippen LogP contribution in [0.2, 0.25) is 0 Å². The molecule has 0 aliphatic rings. The van der Waals surface area contributed by atoms with Crippen molar-refractivity contribution in [2.75, 3.05) is 11.7 Å². The number of alkyl halides is 3. The van der Waals surface area contributed by atoms with Gasteiger partial charge in [-0.25, -0.2) is 4.39 Å². The minimum atomic E-state index is -3.77. The van der Waals surface area contributed by atoms with Crippen molar-refractivity contribution >= 4 is 24.8 Å². The summed E-state index contributed by atoms with van der Waals surface area (Å²) in [5.74, 6) is -1.63. The van der Waals surface area contributed by atoms with Gasteiger partial charge in [0.2, 0.25) is 5.82 Å². The predicted octanol–water partition coefficient (Wildman–Crippen LogP) is 5.40. The van der Waals surface area contributed by atoms with Crippen molar-refractivity contribution in [3.05, 3.63) is 60.0 Å². The average Bonchev–Trinajstić information content (AvgIpc) is 3.13. The standard InChI is InChI=1S/C17H15ClF3N4O3P/c1-2-27-29(26,25-13-5-3-4-12(19)8-13)10-14-7-6-11(9-22-14)15-23-16(28-24-15)17(18,20)21/h3-9H,2,10H2,1H3,(H,25,26). The minimum absolute atomic E-state index is 0.0884. The van der Waals surface area contributed by atoms with Gasteiger partial charge < -0.3 is 14.1 Å². The number of hydrogen-bond donors (Lipinski definition) is 1. The van der Waals surface area contributed by atoms with Crippen LogP contribution in [-0.4, -0.2) is 21.7 Å². The number of rotatable bonds is 8. The predicted molar refractivity (Wildman–Crippen MR) is 100 cm³/mol. The normalized spacial score (nSPS) is 13.8. The Morgan fingerprint density at radius 1 is 1.31 bits per heavy atom. The van der Waals surface area contributed by atoms with E-state index in [2.05, 4.69) is 24.7 Å². The molecule has 1 unspecified atom stereocenters. The van der Waals surface area contributed by atoms with Gasteiger partial charge in [0.15, 0.2) is 0 Å². The molecular weight excluding hydrogens is 432 g/mol. The number of halogens is 4. The Bertz CT molecular complexity index is 1030. The third-order valence-electron chi connectivity index (χ3n) is 3.58. The topological polar surface area (TPSA) is 90.1 Å². The molecule has 0 saturated carbocycles. The first-order valence-corrected chi connectivity index (χ1v) is 10.5. The van der Waals surface area contributed by atoms with Gasteiger partial charge in [-0.2, -0.15) is 13.8 Å². The average molecular weight is 447 g/mol. The molecule has 1 atom stereocenters. The van der Waals surface area contributed by atoms with Crippen LogP contribution in [0.15, 0.2) is 47.1 Å². The molecule has 0 radical (unpaired) electrons. The van der Waals surface area contributed by atoms with Crippen molar-refractivity contribution in [1.82, 2.24) is 15.1 Å². The molecule has 29 heavy (non-hydrogen) atoms. The maximum absolute atomic E-state index is 13.4. The zero-order chi connectivity index (χ0) is 21.1. The van der Waals surface area contributed by atoms with E-state index >= 15 is 0 Å². The second-order valence-corrected chi connectivity index (χ2v) is 8.45. The first-order chi connectivity index (χ1) is 13.7. The van der Waals surface area contributed by atoms with Crippen LogP contribution in [0.5, 0.6) is 0 Å². The number of pyridine rings is 1. The molecule has 154 valence electrons. The van der Waals surface area contributed by atoms with E-state index in [4.69, 9.17) is 16.1 Å². The summed E-state index contributed by atoms with van der Waals surface area (Å²) < 4.78 is 62.3. The van der Waals surface area contributed by atoms with E-state index in [1.807, 2.05) is 0 Å². The van der Waals surface area contributed by atoms with Crippen molar-refractivity contribution in [3.8, 4) is 11.4 Å². The molecule has 1 aromatic carbocycles. The molecule has 2 heterocycles. The summed E-state index contributed by atoms with van der Waals surface area (Å²) in [7, 11) is -3.43. The highest BCUT2D eigenvalue weighted by molar-refractivity contribution is 7.59. The number of hydrogen-bond acceptors (Lipinski definition) is 6. The molecule has 12 heteroatoms. The highest BCUT2D eigenvalue weighted by atomic mass is 35.5. The van der Waals surface area contributed by atoms with Gasteiger partial charge in [0, 0.05) is 17.4 Å². The Kier molecular flexibility index (Phi) is 6.26. The molecule has 3 aromatic rings. The molecule has 2 aromatic heterocycles. The molecule has 0 aliphatic carbocycles. The Balaban J connectivity index is 1.77. The lowest BCUT2D eigenvalue weighted by Crippen LogP contribution is -2.05. The van der Waals surface area contributed by atoms with E-state index in [-0.39, 0.29) is 18.6 Å². The molecule has 3 rings (SSSR count). The maximum Gasteiger partial charge on any atom is 0.400 e. The fourth-order valence-electron chi connectivity index (χ4n) is 2.40. The van der Waals surface area contributed by atoms with Crippen LogP contribution in [0, 0.1) is 5.82 Å². The van der Waals surface area contributed by atoms with Gasteiger partial charge in [-0.05, 0) is 48.9 Å². The van der Waals surface area contributed by atoms with Crippen LogP contribution < -0.4 is 5.09 Å². The van der Waals surface area contributed by atoms with Gasteiger partial charge in [-0.1, -0.05) is 11.2 Å². The van der Waals surface area contributed by atoms with Crippen LogP contribution in [0.4, 0.5) is 18.9 Å². The quantitative estimate of drug-likeness (QED) is 0.366. The van der Waals surface area contributed by atoms with Crippen LogP contribution in [0.1, 0.15) is 18.5 Å². The second-order valence-electron chi connectivity index (χ2n) is 5.83. The van der Waals surface area contributed by atoms with Crippen molar-refractivity contribution < 1.29 is 26.8 Å². The molecule has 0 aliphatic heterocycles. The number of aromatic nitrogens is 3. The third-order valence-corrected chi connectivity index (χ3v) is 5.76. The van der Waals surface area contributed by atoms with Gasteiger partial charge in [-0.15, -0.1) is 0 Å². The van der Waals surface area contributed by atoms with Gasteiger partial charge in [0.25, 0.3) is 7.52 Å². The molecule has 0 saturated heterocycles. The fourth-order valence-corrected chi connectivity index (χ4v) is 4.27. The fraction of sp³-hybridized carbons (Fsp3) is 0.235. The molecule has 0 fully saturated rings. The molecule has 7 nitrogen and oxygen atoms in total. The van der Waals surface area contributed by atoms with E-state index in [0.717, 1.165) is 0 Å². The van der Waals surface area contributed by atoms with E-state index in [9.17, 15) is 17.7 Å². The van der Waals surface area contributed by atoms with Crippen LogP contribution in [-0.2, 0) is 20.6 Å². The number of nitrogens with one attached hydrogen (secondary N) is 1. The van der Waals surface area contributed by atoms with Gasteiger partial charge in [0.05, 0.1) is 18.5 Å². The Hall–Kier alpha value is -2.42. The van der Waals surface area contributed by atoms with Crippen molar-refractivity contribution in [1.29, 1.82) is 0 Å². The zero-order valence-corrected chi connectivity index (χ0v) is 16.6. The Labute approximate surface area is 168 Å². The monoisotopic (exact) mass is 446 g/mol. The third kappa shape index (κ3) is 5.56. The SMILES string of the molecule is CCOP(=O)(Cc1ccc(-c2noc(C(F)(F)Cl)n2)cn1)Nc1cccc(F)c1. The maximum atomic E-state index is 13.4. The van der Waals surface area contributed by atoms with Crippen molar-refractivity contribution in [3.63, 3.8) is 0 Å². The van der Waals surface area contributed by atoms with Crippen molar-refractivity contribution in [2.24, 2.45) is 0 Å². The summed E-state index contributed by atoms with van der Waals surface area (Å²) in [6.45, 7) is 1.84. The summed E-state index contributed by atoms with van der Waals surface area (Å²) in [4.78, 5) is 7.67. The molecular formula is C17H15ClF3N4O3P. The summed E-state index contributed by atoms with van der Waals surface area (Å²) in [6, 6.07) is 8.52. The minimum Gasteiger partial charge on any atom is -0.331 e. The van der Waals surface area contributed by atoms with E-state index in [1.54, 1.807) is 13.0 Å². The van der Waals surface area contributed by atoms with Gasteiger partial charge in [-0.3, -0.25) is 9.55 Å². The molecule has 0 spiro atoms. The smallest absolute Gasteiger partial charge is 0.331 e. The number of benzene rings is 1. The summed E-state index contributed by atoms with van der Waals surface area (Å²) >= 11 is 4.84. The van der Waals surface area contributed by atoms with Gasteiger partial charge in [0.1, 0.15) is 5.82 Å². The Morgan fingerprint density at radius 2 is 2.10 bits per heavy atom. The zero-order valence-electron chi connectivity index (χ0n) is 15.0. The van der Waals surface area contributed by atoms with Crippen LogP contribution >= 0.6 is 19.1 Å². The molecule has 0 amide bonds. The first kappa shape index (κ1) is 21.3. The summed E-state index contributed by atoms with van der Waals surface area (Å²) in [5.41, 5.74) is 0.995. The van der Waals surface area contributed by atoms with Crippen molar-refractivity contribution in [2.45, 2.75) is 18.5 Å². The highest BCUT2D eigenvalue weighted by Gasteiger charge is 2.35. The number of nitrogens with zero attached hydrogens (tertiary/aromatic N) is 3. The van der Waals surface area contributed by atoms with E-state index < -0.39 is 24.6 Å². The van der Waals surface area contributed by atoms with E-state index in [0.29, 0.717) is 16.9 Å². The molecule has 0 bridgehead atoms. The highest BCUT2D eigenvalue weighted by Crippen LogP contribution is 2.49. The summed E-state index contributed by atoms with van der Waals surface area (Å²) in [5, 5.41) is 2.39. The van der Waals surface area contributed by atoms with Crippen LogP contribution in [0.3, 0.4) is 0 Å². The number of anilines is 1. The lowest BCUT2D eigenvalue weighted by molar-refractivity contribution is 0.0551. The largest absolute Gasteiger partial charge is 0.400 e. The van der Waals surface area contributed by atoms with Crippen LogP contribution in [0.25, 0.3) is 11.4 Å². The Morgan fingerprint density at radius 3 is 2.69 bits per heavy atom. The first-order valence-electron chi connectivity index (χ1n) is 8.32. The lowest BCUT2D eigenvalue weighted by atomic mass is 10.2.